The first-order valence-corrected chi connectivity index (χ1v) is 9.39. The van der Waals surface area contributed by atoms with E-state index in [4.69, 9.17) is 14.2 Å². The van der Waals surface area contributed by atoms with Gasteiger partial charge < -0.3 is 14.2 Å². The van der Waals surface area contributed by atoms with Gasteiger partial charge in [0.25, 0.3) is 0 Å². The summed E-state index contributed by atoms with van der Waals surface area (Å²) in [4.78, 5) is 40.4. The van der Waals surface area contributed by atoms with Crippen molar-refractivity contribution in [3.05, 3.63) is 65.6 Å². The van der Waals surface area contributed by atoms with Gasteiger partial charge in [-0.1, -0.05) is 30.3 Å². The number of carbonyl (C=O) groups is 3. The predicted molar refractivity (Wildman–Crippen MR) is 114 cm³/mol. The van der Waals surface area contributed by atoms with E-state index in [2.05, 4.69) is 15.6 Å². The molecule has 9 heteroatoms. The Bertz CT molecular complexity index is 951. The molecule has 2 N–H and O–H groups in total. The summed E-state index contributed by atoms with van der Waals surface area (Å²) in [6.45, 7) is 5.24. The fourth-order valence-corrected chi connectivity index (χ4v) is 2.33. The Kier molecular flexibility index (Phi) is 8.13. The van der Waals surface area contributed by atoms with E-state index in [0.717, 1.165) is 5.56 Å². The molecule has 164 valence electrons. The van der Waals surface area contributed by atoms with Crippen LogP contribution in [-0.2, 0) is 25.6 Å². The van der Waals surface area contributed by atoms with E-state index in [-0.39, 0.29) is 12.3 Å². The SMILES string of the molecule is COC(=O)/C(=C/c1cnccc1NC(=O)OC(C)(C)C)NC(=O)OCc1ccccc1. The van der Waals surface area contributed by atoms with Crippen LogP contribution in [0.15, 0.2) is 54.5 Å². The fourth-order valence-electron chi connectivity index (χ4n) is 2.33. The van der Waals surface area contributed by atoms with Crippen LogP contribution in [0.1, 0.15) is 31.9 Å². The molecular weight excluding hydrogens is 402 g/mol. The molecule has 31 heavy (non-hydrogen) atoms. The molecule has 2 rings (SSSR count). The van der Waals surface area contributed by atoms with Gasteiger partial charge in [0.2, 0.25) is 0 Å². The van der Waals surface area contributed by atoms with Gasteiger partial charge in [0.15, 0.2) is 0 Å². The Morgan fingerprint density at radius 1 is 1.06 bits per heavy atom. The number of methoxy groups -OCH3 is 1. The number of rotatable bonds is 6. The Hall–Kier alpha value is -3.88. The largest absolute Gasteiger partial charge is 0.464 e. The number of ether oxygens (including phenoxy) is 3. The molecule has 1 aromatic carbocycles. The summed E-state index contributed by atoms with van der Waals surface area (Å²) in [5.74, 6) is -0.802. The summed E-state index contributed by atoms with van der Waals surface area (Å²) in [5.41, 5.74) is 0.578. The summed E-state index contributed by atoms with van der Waals surface area (Å²) in [6, 6.07) is 10.6. The van der Waals surface area contributed by atoms with Crippen LogP contribution in [0.4, 0.5) is 15.3 Å². The summed E-state index contributed by atoms with van der Waals surface area (Å²) in [7, 11) is 1.18. The number of nitrogens with one attached hydrogen (secondary N) is 2. The summed E-state index contributed by atoms with van der Waals surface area (Å²) < 4.78 is 15.1. The molecule has 2 aromatic rings. The maximum atomic E-state index is 12.2. The van der Waals surface area contributed by atoms with Crippen molar-refractivity contribution >= 4 is 29.9 Å². The third-order valence-electron chi connectivity index (χ3n) is 3.64. The first kappa shape index (κ1) is 23.4. The number of alkyl carbamates (subject to hydrolysis) is 1. The van der Waals surface area contributed by atoms with Gasteiger partial charge >= 0.3 is 18.2 Å². The van der Waals surface area contributed by atoms with Crippen LogP contribution in [0.3, 0.4) is 0 Å². The second kappa shape index (κ2) is 10.8. The van der Waals surface area contributed by atoms with Crippen LogP contribution in [0.25, 0.3) is 6.08 Å². The zero-order valence-electron chi connectivity index (χ0n) is 17.8. The standard InChI is InChI=1S/C22H25N3O6/c1-22(2,3)31-21(28)24-17-10-11-23-13-16(17)12-18(19(26)29-4)25-20(27)30-14-15-8-6-5-7-9-15/h5-13H,14H2,1-4H3,(H,25,27)(H,23,24,28)/b18-12-. The van der Waals surface area contributed by atoms with Crippen molar-refractivity contribution in [1.82, 2.24) is 10.3 Å². The molecular formula is C22H25N3O6. The number of benzene rings is 1. The van der Waals surface area contributed by atoms with Crippen molar-refractivity contribution in [2.75, 3.05) is 12.4 Å². The topological polar surface area (TPSA) is 116 Å². The number of hydrogen-bond acceptors (Lipinski definition) is 7. The van der Waals surface area contributed by atoms with E-state index in [1.807, 2.05) is 18.2 Å². The lowest BCUT2D eigenvalue weighted by molar-refractivity contribution is -0.136. The molecule has 0 unspecified atom stereocenters. The first-order valence-electron chi connectivity index (χ1n) is 9.39. The number of pyridine rings is 1. The van der Waals surface area contributed by atoms with E-state index in [9.17, 15) is 14.4 Å². The summed E-state index contributed by atoms with van der Waals surface area (Å²) in [5, 5.41) is 4.95. The molecule has 0 spiro atoms. The molecule has 9 nitrogen and oxygen atoms in total. The number of hydrogen-bond donors (Lipinski definition) is 2. The Labute approximate surface area is 180 Å². The minimum absolute atomic E-state index is 0.0272. The molecule has 0 saturated carbocycles. The maximum absolute atomic E-state index is 12.2. The maximum Gasteiger partial charge on any atom is 0.412 e. The highest BCUT2D eigenvalue weighted by Gasteiger charge is 2.19. The molecule has 0 aliphatic carbocycles. The molecule has 1 heterocycles. The molecule has 0 aliphatic rings. The van der Waals surface area contributed by atoms with Gasteiger partial charge in [0, 0.05) is 18.0 Å². The van der Waals surface area contributed by atoms with Gasteiger partial charge in [0.1, 0.15) is 17.9 Å². The third kappa shape index (κ3) is 8.17. The second-order valence-corrected chi connectivity index (χ2v) is 7.33. The molecule has 0 fully saturated rings. The van der Waals surface area contributed by atoms with Crippen molar-refractivity contribution in [2.24, 2.45) is 0 Å². The zero-order valence-corrected chi connectivity index (χ0v) is 17.8. The van der Waals surface area contributed by atoms with Crippen LogP contribution < -0.4 is 10.6 Å². The highest BCUT2D eigenvalue weighted by atomic mass is 16.6. The number of amides is 2. The number of nitrogens with zero attached hydrogens (tertiary/aromatic N) is 1. The fraction of sp³-hybridized carbons (Fsp3) is 0.273. The summed E-state index contributed by atoms with van der Waals surface area (Å²) in [6.07, 6.45) is 2.67. The van der Waals surface area contributed by atoms with Gasteiger partial charge in [-0.15, -0.1) is 0 Å². The van der Waals surface area contributed by atoms with Crippen LogP contribution in [0, 0.1) is 0 Å². The smallest absolute Gasteiger partial charge is 0.412 e. The van der Waals surface area contributed by atoms with Crippen LogP contribution >= 0.6 is 0 Å². The lowest BCUT2D eigenvalue weighted by Gasteiger charge is -2.20. The van der Waals surface area contributed by atoms with Gasteiger partial charge in [0.05, 0.1) is 12.8 Å². The lowest BCUT2D eigenvalue weighted by atomic mass is 10.2. The van der Waals surface area contributed by atoms with Gasteiger partial charge in [-0.25, -0.2) is 14.4 Å². The van der Waals surface area contributed by atoms with Crippen LogP contribution in [0.2, 0.25) is 0 Å². The molecule has 0 atom stereocenters. The van der Waals surface area contributed by atoms with E-state index in [1.165, 1.54) is 31.6 Å². The summed E-state index contributed by atoms with van der Waals surface area (Å²) >= 11 is 0. The predicted octanol–water partition coefficient (Wildman–Crippen LogP) is 3.87. The molecule has 2 amide bonds. The van der Waals surface area contributed by atoms with Crippen molar-refractivity contribution in [2.45, 2.75) is 33.0 Å². The molecule has 1 aromatic heterocycles. The highest BCUT2D eigenvalue weighted by molar-refractivity contribution is 5.98. The Balaban J connectivity index is 2.16. The normalized spacial score (nSPS) is 11.3. The van der Waals surface area contributed by atoms with Gasteiger partial charge in [-0.2, -0.15) is 0 Å². The highest BCUT2D eigenvalue weighted by Crippen LogP contribution is 2.19. The Morgan fingerprint density at radius 3 is 2.42 bits per heavy atom. The van der Waals surface area contributed by atoms with Crippen LogP contribution in [0.5, 0.6) is 0 Å². The Morgan fingerprint density at radius 2 is 1.77 bits per heavy atom. The molecule has 0 saturated heterocycles. The van der Waals surface area contributed by atoms with Gasteiger partial charge in [-0.05, 0) is 38.5 Å². The second-order valence-electron chi connectivity index (χ2n) is 7.33. The van der Waals surface area contributed by atoms with E-state index in [0.29, 0.717) is 11.3 Å². The number of carbonyl (C=O) groups excluding carboxylic acids is 3. The third-order valence-corrected chi connectivity index (χ3v) is 3.64. The minimum atomic E-state index is -0.842. The zero-order chi connectivity index (χ0) is 22.9. The van der Waals surface area contributed by atoms with Crippen molar-refractivity contribution < 1.29 is 28.6 Å². The average Bonchev–Trinajstić information content (AvgIpc) is 2.72. The van der Waals surface area contributed by atoms with E-state index in [1.54, 1.807) is 32.9 Å². The van der Waals surface area contributed by atoms with Crippen molar-refractivity contribution in [3.8, 4) is 0 Å². The van der Waals surface area contributed by atoms with E-state index >= 15 is 0 Å². The van der Waals surface area contributed by atoms with Crippen LogP contribution in [-0.4, -0.2) is 35.9 Å². The molecule has 0 aliphatic heterocycles. The molecule has 0 bridgehead atoms. The van der Waals surface area contributed by atoms with E-state index < -0.39 is 23.8 Å². The first-order chi connectivity index (χ1) is 14.7. The van der Waals surface area contributed by atoms with Crippen molar-refractivity contribution in [3.63, 3.8) is 0 Å². The van der Waals surface area contributed by atoms with Crippen molar-refractivity contribution in [1.29, 1.82) is 0 Å². The quantitative estimate of drug-likeness (QED) is 0.408. The van der Waals surface area contributed by atoms with Gasteiger partial charge in [-0.3, -0.25) is 15.6 Å². The number of aromatic nitrogens is 1. The molecule has 0 radical (unpaired) electrons. The lowest BCUT2D eigenvalue weighted by Crippen LogP contribution is -2.29. The number of esters is 1. The monoisotopic (exact) mass is 427 g/mol. The minimum Gasteiger partial charge on any atom is -0.464 e. The average molecular weight is 427 g/mol. The number of anilines is 1.